The topological polar surface area (TPSA) is 0 Å². The molecule has 0 nitrogen and oxygen atoms in total. The molecule has 0 amide bonds. The van der Waals surface area contributed by atoms with E-state index < -0.39 is 0 Å². The Balaban J connectivity index is 1.56. The second kappa shape index (κ2) is 6.17. The Morgan fingerprint density at radius 1 is 0.536 bits per heavy atom. The summed E-state index contributed by atoms with van der Waals surface area (Å²) in [6.45, 7) is 4.36. The molecule has 0 bridgehead atoms. The first-order valence-corrected chi connectivity index (χ1v) is 9.65. The lowest BCUT2D eigenvalue weighted by Gasteiger charge is -2.22. The molecular weight excluding hydrogens is 343 g/mol. The van der Waals surface area contributed by atoms with E-state index in [2.05, 4.69) is 80.6 Å². The molecule has 0 saturated heterocycles. The number of hydrogen-bond donors (Lipinski definition) is 0. The SMILES string of the molecule is CC1(C)c2cc(F)ccc2-c2ccc(-c3ccc(-c4ccccc4)cc3)cc21. The normalized spacial score (nSPS) is 13.8. The standard InChI is InChI=1S/C27H21F/c1-27(2)25-16-21(12-14-23(25)24-15-13-22(28)17-26(24)27)20-10-8-19(9-11-20)18-6-4-3-5-7-18/h3-17H,1-2H3. The van der Waals surface area contributed by atoms with Gasteiger partial charge in [-0.2, -0.15) is 0 Å². The molecule has 0 unspecified atom stereocenters. The molecule has 0 aromatic heterocycles. The fraction of sp³-hybridized carbons (Fsp3) is 0.111. The van der Waals surface area contributed by atoms with Crippen molar-refractivity contribution in [3.05, 3.63) is 108 Å². The summed E-state index contributed by atoms with van der Waals surface area (Å²) in [6.07, 6.45) is 0. The van der Waals surface area contributed by atoms with E-state index in [1.807, 2.05) is 12.1 Å². The van der Waals surface area contributed by atoms with E-state index in [4.69, 9.17) is 0 Å². The molecule has 28 heavy (non-hydrogen) atoms. The lowest BCUT2D eigenvalue weighted by Crippen LogP contribution is -2.15. The first kappa shape index (κ1) is 16.9. The summed E-state index contributed by atoms with van der Waals surface area (Å²) in [6, 6.07) is 30.9. The summed E-state index contributed by atoms with van der Waals surface area (Å²) < 4.78 is 13.9. The van der Waals surface area contributed by atoms with Crippen molar-refractivity contribution >= 4 is 0 Å². The summed E-state index contributed by atoms with van der Waals surface area (Å²) in [4.78, 5) is 0. The van der Waals surface area contributed by atoms with Gasteiger partial charge in [-0.1, -0.05) is 86.6 Å². The number of hydrogen-bond acceptors (Lipinski definition) is 0. The van der Waals surface area contributed by atoms with E-state index in [-0.39, 0.29) is 11.2 Å². The fourth-order valence-corrected chi connectivity index (χ4v) is 4.38. The van der Waals surface area contributed by atoms with Gasteiger partial charge in [-0.05, 0) is 62.7 Å². The molecule has 0 aliphatic heterocycles. The molecule has 1 heteroatoms. The van der Waals surface area contributed by atoms with Gasteiger partial charge in [0.1, 0.15) is 5.82 Å². The van der Waals surface area contributed by atoms with E-state index in [0.29, 0.717) is 0 Å². The Morgan fingerprint density at radius 2 is 1.04 bits per heavy atom. The van der Waals surface area contributed by atoms with Crippen LogP contribution in [0, 0.1) is 5.82 Å². The first-order chi connectivity index (χ1) is 13.5. The van der Waals surface area contributed by atoms with Crippen molar-refractivity contribution in [1.82, 2.24) is 0 Å². The first-order valence-electron chi connectivity index (χ1n) is 9.65. The predicted octanol–water partition coefficient (Wildman–Crippen LogP) is 7.47. The van der Waals surface area contributed by atoms with E-state index in [1.165, 1.54) is 33.4 Å². The van der Waals surface area contributed by atoms with Crippen molar-refractivity contribution in [3.8, 4) is 33.4 Å². The van der Waals surface area contributed by atoms with Crippen LogP contribution >= 0.6 is 0 Å². The maximum Gasteiger partial charge on any atom is 0.123 e. The summed E-state index contributed by atoms with van der Waals surface area (Å²) in [5.74, 6) is -0.170. The van der Waals surface area contributed by atoms with E-state index >= 15 is 0 Å². The molecule has 5 rings (SSSR count). The van der Waals surface area contributed by atoms with Crippen LogP contribution in [-0.2, 0) is 5.41 Å². The summed E-state index contributed by atoms with van der Waals surface area (Å²) in [5.41, 5.74) is 9.32. The second-order valence-electron chi connectivity index (χ2n) is 8.02. The molecule has 1 aliphatic carbocycles. The average molecular weight is 364 g/mol. The minimum atomic E-state index is -0.202. The van der Waals surface area contributed by atoms with Crippen LogP contribution in [0.4, 0.5) is 4.39 Å². The Hall–Kier alpha value is -3.19. The molecule has 0 radical (unpaired) electrons. The summed E-state index contributed by atoms with van der Waals surface area (Å²) in [5, 5.41) is 0. The highest BCUT2D eigenvalue weighted by Crippen LogP contribution is 2.49. The van der Waals surface area contributed by atoms with Crippen molar-refractivity contribution in [2.24, 2.45) is 0 Å². The average Bonchev–Trinajstić information content (AvgIpc) is 2.95. The van der Waals surface area contributed by atoms with Gasteiger partial charge >= 0.3 is 0 Å². The zero-order valence-corrected chi connectivity index (χ0v) is 16.0. The molecule has 0 saturated carbocycles. The third-order valence-corrected chi connectivity index (χ3v) is 5.96. The van der Waals surface area contributed by atoms with Crippen LogP contribution < -0.4 is 0 Å². The largest absolute Gasteiger partial charge is 0.207 e. The van der Waals surface area contributed by atoms with Gasteiger partial charge in [-0.25, -0.2) is 4.39 Å². The van der Waals surface area contributed by atoms with Crippen molar-refractivity contribution in [2.75, 3.05) is 0 Å². The molecule has 0 atom stereocenters. The summed E-state index contributed by atoms with van der Waals surface area (Å²) in [7, 11) is 0. The third-order valence-electron chi connectivity index (χ3n) is 5.96. The minimum Gasteiger partial charge on any atom is -0.207 e. The van der Waals surface area contributed by atoms with Crippen molar-refractivity contribution in [1.29, 1.82) is 0 Å². The van der Waals surface area contributed by atoms with Crippen LogP contribution in [0.3, 0.4) is 0 Å². The van der Waals surface area contributed by atoms with Gasteiger partial charge in [0.25, 0.3) is 0 Å². The molecule has 0 N–H and O–H groups in total. The molecule has 4 aromatic rings. The van der Waals surface area contributed by atoms with Gasteiger partial charge in [0, 0.05) is 5.41 Å². The molecule has 136 valence electrons. The van der Waals surface area contributed by atoms with Gasteiger partial charge in [0.05, 0.1) is 0 Å². The zero-order chi connectivity index (χ0) is 19.3. The van der Waals surface area contributed by atoms with Crippen LogP contribution in [0.25, 0.3) is 33.4 Å². The van der Waals surface area contributed by atoms with Gasteiger partial charge in [-0.15, -0.1) is 0 Å². The summed E-state index contributed by atoms with van der Waals surface area (Å²) >= 11 is 0. The highest BCUT2D eigenvalue weighted by atomic mass is 19.1. The van der Waals surface area contributed by atoms with Crippen LogP contribution in [0.2, 0.25) is 0 Å². The molecule has 0 heterocycles. The van der Waals surface area contributed by atoms with Crippen molar-refractivity contribution in [2.45, 2.75) is 19.3 Å². The van der Waals surface area contributed by atoms with Crippen molar-refractivity contribution < 1.29 is 4.39 Å². The lowest BCUT2D eigenvalue weighted by molar-refractivity contribution is 0.609. The lowest BCUT2D eigenvalue weighted by atomic mass is 9.81. The van der Waals surface area contributed by atoms with E-state index in [1.54, 1.807) is 12.1 Å². The zero-order valence-electron chi connectivity index (χ0n) is 16.0. The maximum absolute atomic E-state index is 13.9. The van der Waals surface area contributed by atoms with Gasteiger partial charge in [0.2, 0.25) is 0 Å². The van der Waals surface area contributed by atoms with Gasteiger partial charge < -0.3 is 0 Å². The molecule has 4 aromatic carbocycles. The number of halogens is 1. The Labute approximate surface area is 165 Å². The predicted molar refractivity (Wildman–Crippen MR) is 115 cm³/mol. The molecular formula is C27H21F. The van der Waals surface area contributed by atoms with E-state index in [0.717, 1.165) is 11.1 Å². The number of benzene rings is 4. The third kappa shape index (κ3) is 2.58. The highest BCUT2D eigenvalue weighted by molar-refractivity contribution is 5.83. The monoisotopic (exact) mass is 364 g/mol. The minimum absolute atomic E-state index is 0.170. The van der Waals surface area contributed by atoms with Gasteiger partial charge in [0.15, 0.2) is 0 Å². The quantitative estimate of drug-likeness (QED) is 0.346. The number of fused-ring (bicyclic) bond motifs is 3. The van der Waals surface area contributed by atoms with Crippen LogP contribution in [0.15, 0.2) is 91.0 Å². The van der Waals surface area contributed by atoms with E-state index in [9.17, 15) is 4.39 Å². The van der Waals surface area contributed by atoms with Crippen LogP contribution in [0.5, 0.6) is 0 Å². The maximum atomic E-state index is 13.9. The molecule has 0 fully saturated rings. The number of rotatable bonds is 2. The Kier molecular flexibility index (Phi) is 3.73. The smallest absolute Gasteiger partial charge is 0.123 e. The van der Waals surface area contributed by atoms with Gasteiger partial charge in [-0.3, -0.25) is 0 Å². The van der Waals surface area contributed by atoms with Crippen LogP contribution in [-0.4, -0.2) is 0 Å². The fourth-order valence-electron chi connectivity index (χ4n) is 4.38. The second-order valence-corrected chi connectivity index (χ2v) is 8.02. The molecule has 0 spiro atoms. The highest BCUT2D eigenvalue weighted by Gasteiger charge is 2.35. The Bertz CT molecular complexity index is 1170. The Morgan fingerprint density at radius 3 is 1.71 bits per heavy atom. The van der Waals surface area contributed by atoms with Crippen molar-refractivity contribution in [3.63, 3.8) is 0 Å². The van der Waals surface area contributed by atoms with Crippen LogP contribution in [0.1, 0.15) is 25.0 Å². The molecule has 1 aliphatic rings.